The van der Waals surface area contributed by atoms with E-state index in [2.05, 4.69) is 22.7 Å². The first-order chi connectivity index (χ1) is 11.2. The van der Waals surface area contributed by atoms with Gasteiger partial charge in [-0.1, -0.05) is 30.3 Å². The predicted octanol–water partition coefficient (Wildman–Crippen LogP) is 3.47. The molecule has 0 fully saturated rings. The van der Waals surface area contributed by atoms with E-state index in [9.17, 15) is 4.79 Å². The summed E-state index contributed by atoms with van der Waals surface area (Å²) < 4.78 is 5.09. The Labute approximate surface area is 140 Å². The lowest BCUT2D eigenvalue weighted by Crippen LogP contribution is -2.26. The minimum Gasteiger partial charge on any atom is -0.497 e. The fourth-order valence-electron chi connectivity index (χ4n) is 1.82. The summed E-state index contributed by atoms with van der Waals surface area (Å²) in [5.74, 6) is 1.49. The van der Waals surface area contributed by atoms with Crippen molar-refractivity contribution in [3.05, 3.63) is 65.7 Å². The van der Waals surface area contributed by atoms with Crippen LogP contribution in [0, 0.1) is 0 Å². The number of thioether (sulfide) groups is 1. The second kappa shape index (κ2) is 9.00. The average Bonchev–Trinajstić information content (AvgIpc) is 2.61. The van der Waals surface area contributed by atoms with Crippen LogP contribution in [0.15, 0.2) is 59.7 Å². The summed E-state index contributed by atoms with van der Waals surface area (Å²) in [6, 6.07) is 17.5. The first-order valence-electron chi connectivity index (χ1n) is 7.31. The molecule has 0 saturated carbocycles. The Bertz CT molecular complexity index is 642. The van der Waals surface area contributed by atoms with Crippen molar-refractivity contribution in [2.75, 3.05) is 7.11 Å². The van der Waals surface area contributed by atoms with Crippen molar-refractivity contribution in [1.82, 2.24) is 5.43 Å². The highest BCUT2D eigenvalue weighted by atomic mass is 32.2. The van der Waals surface area contributed by atoms with Gasteiger partial charge in [-0.05, 0) is 42.3 Å². The van der Waals surface area contributed by atoms with Gasteiger partial charge in [-0.15, -0.1) is 11.8 Å². The van der Waals surface area contributed by atoms with E-state index in [1.807, 2.05) is 49.4 Å². The van der Waals surface area contributed by atoms with E-state index in [-0.39, 0.29) is 11.2 Å². The summed E-state index contributed by atoms with van der Waals surface area (Å²) in [7, 11) is 1.62. The highest BCUT2D eigenvalue weighted by molar-refractivity contribution is 7.99. The van der Waals surface area contributed by atoms with Crippen molar-refractivity contribution >= 4 is 23.9 Å². The van der Waals surface area contributed by atoms with Gasteiger partial charge in [0.15, 0.2) is 0 Å². The van der Waals surface area contributed by atoms with Gasteiger partial charge in [0, 0.05) is 5.75 Å². The normalized spacial score (nSPS) is 12.1. The topological polar surface area (TPSA) is 50.7 Å². The van der Waals surface area contributed by atoms with E-state index in [0.717, 1.165) is 17.1 Å². The molecule has 23 heavy (non-hydrogen) atoms. The molecule has 0 aliphatic rings. The standard InChI is InChI=1S/C18H20N2O2S/c1-14(23-13-16-6-4-3-5-7-16)18(21)20-19-12-15-8-10-17(22-2)11-9-15/h3-12,14H,13H2,1-2H3,(H,20,21)/b19-12+. The monoisotopic (exact) mass is 328 g/mol. The Kier molecular flexibility index (Phi) is 6.69. The third-order valence-corrected chi connectivity index (χ3v) is 4.43. The minimum atomic E-state index is -0.164. The summed E-state index contributed by atoms with van der Waals surface area (Å²) >= 11 is 1.59. The Balaban J connectivity index is 1.77. The average molecular weight is 328 g/mol. The van der Waals surface area contributed by atoms with E-state index in [1.165, 1.54) is 5.56 Å². The summed E-state index contributed by atoms with van der Waals surface area (Å²) in [5.41, 5.74) is 4.68. The molecule has 1 N–H and O–H groups in total. The molecule has 0 spiro atoms. The predicted molar refractivity (Wildman–Crippen MR) is 95.9 cm³/mol. The van der Waals surface area contributed by atoms with Crippen molar-refractivity contribution in [1.29, 1.82) is 0 Å². The van der Waals surface area contributed by atoms with Gasteiger partial charge in [-0.3, -0.25) is 4.79 Å². The smallest absolute Gasteiger partial charge is 0.252 e. The second-order valence-corrected chi connectivity index (χ2v) is 6.28. The first kappa shape index (κ1) is 17.1. The summed E-state index contributed by atoms with van der Waals surface area (Å²) in [6.07, 6.45) is 1.62. The van der Waals surface area contributed by atoms with Crippen LogP contribution < -0.4 is 10.2 Å². The zero-order valence-corrected chi connectivity index (χ0v) is 14.0. The van der Waals surface area contributed by atoms with Crippen molar-refractivity contribution < 1.29 is 9.53 Å². The fraction of sp³-hybridized carbons (Fsp3) is 0.222. The molecule has 0 aliphatic carbocycles. The molecular formula is C18H20N2O2S. The van der Waals surface area contributed by atoms with Gasteiger partial charge in [0.2, 0.25) is 0 Å². The lowest BCUT2D eigenvalue weighted by Gasteiger charge is -2.09. The molecule has 1 atom stereocenters. The number of rotatable bonds is 7. The summed E-state index contributed by atoms with van der Waals surface area (Å²) in [5, 5.41) is 3.83. The lowest BCUT2D eigenvalue weighted by atomic mass is 10.2. The molecular weight excluding hydrogens is 308 g/mol. The number of ether oxygens (including phenoxy) is 1. The van der Waals surface area contributed by atoms with Gasteiger partial charge >= 0.3 is 0 Å². The molecule has 2 aromatic rings. The molecule has 0 aliphatic heterocycles. The van der Waals surface area contributed by atoms with Gasteiger partial charge < -0.3 is 4.74 Å². The molecule has 1 amide bonds. The summed E-state index contributed by atoms with van der Waals surface area (Å²) in [6.45, 7) is 1.88. The van der Waals surface area contributed by atoms with Crippen LogP contribution >= 0.6 is 11.8 Å². The SMILES string of the molecule is COc1ccc(/C=N/NC(=O)C(C)SCc2ccccc2)cc1. The van der Waals surface area contributed by atoms with Crippen LogP contribution in [-0.2, 0) is 10.5 Å². The molecule has 0 heterocycles. The summed E-state index contributed by atoms with van der Waals surface area (Å²) in [4.78, 5) is 12.0. The molecule has 2 aromatic carbocycles. The van der Waals surface area contributed by atoms with Crippen LogP contribution in [0.3, 0.4) is 0 Å². The fourth-order valence-corrected chi connectivity index (χ4v) is 2.66. The number of hydrazone groups is 1. The van der Waals surface area contributed by atoms with E-state index in [4.69, 9.17) is 4.74 Å². The third kappa shape index (κ3) is 5.79. The maximum Gasteiger partial charge on any atom is 0.252 e. The van der Waals surface area contributed by atoms with E-state index in [1.54, 1.807) is 25.1 Å². The van der Waals surface area contributed by atoms with Gasteiger partial charge in [0.05, 0.1) is 18.6 Å². The van der Waals surface area contributed by atoms with Crippen LogP contribution in [0.4, 0.5) is 0 Å². The third-order valence-electron chi connectivity index (χ3n) is 3.22. The zero-order valence-electron chi connectivity index (χ0n) is 13.2. The second-order valence-electron chi connectivity index (χ2n) is 4.95. The maximum absolute atomic E-state index is 12.0. The van der Waals surface area contributed by atoms with Crippen molar-refractivity contribution in [2.24, 2.45) is 5.10 Å². The molecule has 0 aromatic heterocycles. The number of carbonyl (C=O) groups is 1. The Morgan fingerprint density at radius 2 is 1.91 bits per heavy atom. The molecule has 4 nitrogen and oxygen atoms in total. The number of methoxy groups -OCH3 is 1. The number of benzene rings is 2. The number of carbonyl (C=O) groups excluding carboxylic acids is 1. The van der Waals surface area contributed by atoms with Gasteiger partial charge in [-0.2, -0.15) is 5.10 Å². The molecule has 2 rings (SSSR count). The zero-order chi connectivity index (χ0) is 16.5. The van der Waals surface area contributed by atoms with Gasteiger partial charge in [-0.25, -0.2) is 5.43 Å². The van der Waals surface area contributed by atoms with Crippen LogP contribution in [0.2, 0.25) is 0 Å². The Morgan fingerprint density at radius 1 is 1.22 bits per heavy atom. The van der Waals surface area contributed by atoms with E-state index < -0.39 is 0 Å². The number of hydrogen-bond donors (Lipinski definition) is 1. The van der Waals surface area contributed by atoms with Crippen LogP contribution in [0.5, 0.6) is 5.75 Å². The highest BCUT2D eigenvalue weighted by Gasteiger charge is 2.12. The Hall–Kier alpha value is -2.27. The first-order valence-corrected chi connectivity index (χ1v) is 8.36. The lowest BCUT2D eigenvalue weighted by molar-refractivity contribution is -0.120. The van der Waals surface area contributed by atoms with E-state index >= 15 is 0 Å². The number of hydrogen-bond acceptors (Lipinski definition) is 4. The molecule has 0 saturated heterocycles. The van der Waals surface area contributed by atoms with Crippen LogP contribution in [0.1, 0.15) is 18.1 Å². The number of amides is 1. The van der Waals surface area contributed by atoms with Crippen LogP contribution in [0.25, 0.3) is 0 Å². The number of nitrogens with one attached hydrogen (secondary N) is 1. The van der Waals surface area contributed by atoms with Crippen molar-refractivity contribution in [2.45, 2.75) is 17.9 Å². The maximum atomic E-state index is 12.0. The highest BCUT2D eigenvalue weighted by Crippen LogP contribution is 2.17. The minimum absolute atomic E-state index is 0.101. The molecule has 5 heteroatoms. The van der Waals surface area contributed by atoms with Crippen molar-refractivity contribution in [3.8, 4) is 5.75 Å². The molecule has 0 bridgehead atoms. The largest absolute Gasteiger partial charge is 0.497 e. The Morgan fingerprint density at radius 3 is 2.57 bits per heavy atom. The molecule has 1 unspecified atom stereocenters. The van der Waals surface area contributed by atoms with Gasteiger partial charge in [0.1, 0.15) is 5.75 Å². The number of nitrogens with zero attached hydrogens (tertiary/aromatic N) is 1. The van der Waals surface area contributed by atoms with Gasteiger partial charge in [0.25, 0.3) is 5.91 Å². The molecule has 0 radical (unpaired) electrons. The molecule has 120 valence electrons. The van der Waals surface area contributed by atoms with E-state index in [0.29, 0.717) is 0 Å². The quantitative estimate of drug-likeness (QED) is 0.625. The van der Waals surface area contributed by atoms with Crippen molar-refractivity contribution in [3.63, 3.8) is 0 Å². The van der Waals surface area contributed by atoms with Crippen LogP contribution in [-0.4, -0.2) is 24.5 Å².